The summed E-state index contributed by atoms with van der Waals surface area (Å²) in [6.45, 7) is 3.89. The van der Waals surface area contributed by atoms with E-state index >= 15 is 0 Å². The molecule has 19 heavy (non-hydrogen) atoms. The van der Waals surface area contributed by atoms with Crippen LogP contribution in [0.2, 0.25) is 0 Å². The van der Waals surface area contributed by atoms with Crippen LogP contribution in [0, 0.1) is 5.92 Å². The summed E-state index contributed by atoms with van der Waals surface area (Å²) in [5.74, 6) is 0.298. The first kappa shape index (κ1) is 14.0. The molecule has 0 bridgehead atoms. The van der Waals surface area contributed by atoms with E-state index < -0.39 is 10.1 Å². The molecule has 0 amide bonds. The Hall–Kier alpha value is -1.39. The summed E-state index contributed by atoms with van der Waals surface area (Å²) in [6.07, 6.45) is 8.77. The quantitative estimate of drug-likeness (QED) is 0.612. The third kappa shape index (κ3) is 3.78. The Kier molecular flexibility index (Phi) is 4.56. The van der Waals surface area contributed by atoms with Gasteiger partial charge < -0.3 is 0 Å². The summed E-state index contributed by atoms with van der Waals surface area (Å²) >= 11 is 0. The second-order valence-electron chi connectivity index (χ2n) is 4.66. The fourth-order valence-corrected chi connectivity index (χ4v) is 3.01. The Bertz CT molecular complexity index is 556. The molecule has 1 aliphatic carbocycles. The molecule has 1 aliphatic rings. The maximum Gasteiger partial charge on any atom is 0.296 e. The highest BCUT2D eigenvalue weighted by Crippen LogP contribution is 2.21. The Labute approximate surface area is 114 Å². The van der Waals surface area contributed by atoms with E-state index in [0.717, 1.165) is 24.8 Å². The fraction of sp³-hybridized carbons (Fsp3) is 0.333. The molecule has 4 heteroatoms. The zero-order valence-electron chi connectivity index (χ0n) is 10.8. The van der Waals surface area contributed by atoms with E-state index in [2.05, 4.69) is 18.7 Å². The first-order valence-electron chi connectivity index (χ1n) is 6.39. The number of hydrogen-bond donors (Lipinski definition) is 0. The van der Waals surface area contributed by atoms with E-state index in [1.54, 1.807) is 30.3 Å². The molecule has 0 heterocycles. The van der Waals surface area contributed by atoms with Crippen LogP contribution in [0.1, 0.15) is 24.8 Å². The summed E-state index contributed by atoms with van der Waals surface area (Å²) in [7, 11) is -3.64. The van der Waals surface area contributed by atoms with Crippen molar-refractivity contribution >= 4 is 16.2 Å². The van der Waals surface area contributed by atoms with Crippen molar-refractivity contribution in [3.63, 3.8) is 0 Å². The molecule has 1 aromatic rings. The summed E-state index contributed by atoms with van der Waals surface area (Å²) in [6, 6.07) is 6.53. The molecule has 0 N–H and O–H groups in total. The standard InChI is InChI=1S/C15H18O3S/c1-2-13-8-10-15(11-9-13)19(16,17)18-12-14-6-4-3-5-7-14/h2-4,8-11,14H,1,5-7,12H2. The number of allylic oxidation sites excluding steroid dienone is 2. The summed E-state index contributed by atoms with van der Waals surface area (Å²) in [5, 5.41) is 0. The van der Waals surface area contributed by atoms with Crippen molar-refractivity contribution in [2.24, 2.45) is 5.92 Å². The molecule has 3 nitrogen and oxygen atoms in total. The van der Waals surface area contributed by atoms with E-state index in [1.807, 2.05) is 0 Å². The van der Waals surface area contributed by atoms with Gasteiger partial charge in [0.25, 0.3) is 10.1 Å². The lowest BCUT2D eigenvalue weighted by Gasteiger charge is -2.17. The van der Waals surface area contributed by atoms with Crippen LogP contribution < -0.4 is 0 Å². The maximum atomic E-state index is 12.0. The number of rotatable bonds is 5. The minimum Gasteiger partial charge on any atom is -0.266 e. The van der Waals surface area contributed by atoms with Gasteiger partial charge in [0.2, 0.25) is 0 Å². The van der Waals surface area contributed by atoms with Gasteiger partial charge in [-0.2, -0.15) is 8.42 Å². The first-order valence-corrected chi connectivity index (χ1v) is 7.79. The molecular weight excluding hydrogens is 260 g/mol. The lowest BCUT2D eigenvalue weighted by atomic mass is 9.96. The normalized spacial score (nSPS) is 19.3. The molecule has 0 radical (unpaired) electrons. The van der Waals surface area contributed by atoms with Crippen molar-refractivity contribution in [3.05, 3.63) is 48.6 Å². The Morgan fingerprint density at radius 3 is 2.58 bits per heavy atom. The van der Waals surface area contributed by atoms with Gasteiger partial charge in [0, 0.05) is 0 Å². The predicted molar refractivity (Wildman–Crippen MR) is 76.2 cm³/mol. The van der Waals surface area contributed by atoms with Crippen LogP contribution in [-0.2, 0) is 14.3 Å². The highest BCUT2D eigenvalue weighted by molar-refractivity contribution is 7.86. The van der Waals surface area contributed by atoms with E-state index in [-0.39, 0.29) is 11.5 Å². The van der Waals surface area contributed by atoms with E-state index in [9.17, 15) is 8.42 Å². The van der Waals surface area contributed by atoms with E-state index in [0.29, 0.717) is 5.92 Å². The lowest BCUT2D eigenvalue weighted by molar-refractivity contribution is 0.244. The van der Waals surface area contributed by atoms with Crippen LogP contribution in [0.4, 0.5) is 0 Å². The highest BCUT2D eigenvalue weighted by Gasteiger charge is 2.18. The molecule has 2 rings (SSSR count). The van der Waals surface area contributed by atoms with Crippen LogP contribution in [0.25, 0.3) is 6.08 Å². The van der Waals surface area contributed by atoms with Crippen molar-refractivity contribution in [3.8, 4) is 0 Å². The SMILES string of the molecule is C=Cc1ccc(S(=O)(=O)OCC2CC=CCC2)cc1. The summed E-state index contributed by atoms with van der Waals surface area (Å²) in [4.78, 5) is 0.199. The van der Waals surface area contributed by atoms with Gasteiger partial charge in [0.05, 0.1) is 11.5 Å². The predicted octanol–water partition coefficient (Wildman–Crippen LogP) is 3.39. The number of hydrogen-bond acceptors (Lipinski definition) is 3. The van der Waals surface area contributed by atoms with Gasteiger partial charge in [0.1, 0.15) is 0 Å². The third-order valence-corrected chi connectivity index (χ3v) is 4.54. The molecule has 1 atom stereocenters. The van der Waals surface area contributed by atoms with E-state index in [4.69, 9.17) is 4.18 Å². The maximum absolute atomic E-state index is 12.0. The largest absolute Gasteiger partial charge is 0.296 e. The molecular formula is C15H18O3S. The van der Waals surface area contributed by atoms with Gasteiger partial charge in [-0.1, -0.05) is 36.9 Å². The average Bonchev–Trinajstić information content (AvgIpc) is 2.46. The molecule has 1 unspecified atom stereocenters. The fourth-order valence-electron chi connectivity index (χ4n) is 2.03. The molecule has 0 aromatic heterocycles. The van der Waals surface area contributed by atoms with Gasteiger partial charge in [-0.05, 0) is 42.9 Å². The van der Waals surface area contributed by atoms with E-state index in [1.165, 1.54) is 0 Å². The van der Waals surface area contributed by atoms with Crippen LogP contribution in [0.5, 0.6) is 0 Å². The monoisotopic (exact) mass is 278 g/mol. The molecule has 0 saturated carbocycles. The summed E-state index contributed by atoms with van der Waals surface area (Å²) in [5.41, 5.74) is 0.886. The van der Waals surface area contributed by atoms with Crippen LogP contribution in [-0.4, -0.2) is 15.0 Å². The third-order valence-electron chi connectivity index (χ3n) is 3.24. The lowest BCUT2D eigenvalue weighted by Crippen LogP contribution is -2.15. The molecule has 102 valence electrons. The Morgan fingerprint density at radius 2 is 2.00 bits per heavy atom. The molecule has 0 spiro atoms. The van der Waals surface area contributed by atoms with Crippen molar-refractivity contribution < 1.29 is 12.6 Å². The van der Waals surface area contributed by atoms with Gasteiger partial charge in [-0.25, -0.2) is 0 Å². The van der Waals surface area contributed by atoms with Crippen LogP contribution in [0.15, 0.2) is 47.9 Å². The van der Waals surface area contributed by atoms with Crippen LogP contribution >= 0.6 is 0 Å². The first-order chi connectivity index (χ1) is 9.12. The molecule has 0 saturated heterocycles. The smallest absolute Gasteiger partial charge is 0.266 e. The average molecular weight is 278 g/mol. The topological polar surface area (TPSA) is 43.4 Å². The van der Waals surface area contributed by atoms with Gasteiger partial charge >= 0.3 is 0 Å². The second-order valence-corrected chi connectivity index (χ2v) is 6.28. The highest BCUT2D eigenvalue weighted by atomic mass is 32.2. The minimum absolute atomic E-state index is 0.199. The zero-order chi connectivity index (χ0) is 13.7. The minimum atomic E-state index is -3.64. The van der Waals surface area contributed by atoms with Crippen LogP contribution in [0.3, 0.4) is 0 Å². The van der Waals surface area contributed by atoms with Crippen molar-refractivity contribution in [1.82, 2.24) is 0 Å². The van der Waals surface area contributed by atoms with Crippen molar-refractivity contribution in [2.75, 3.05) is 6.61 Å². The zero-order valence-corrected chi connectivity index (χ0v) is 11.6. The number of benzene rings is 1. The Morgan fingerprint density at radius 1 is 1.26 bits per heavy atom. The van der Waals surface area contributed by atoms with Gasteiger partial charge in [-0.15, -0.1) is 0 Å². The van der Waals surface area contributed by atoms with Gasteiger partial charge in [-0.3, -0.25) is 4.18 Å². The second kappa shape index (κ2) is 6.17. The molecule has 0 aliphatic heterocycles. The Balaban J connectivity index is 2.00. The summed E-state index contributed by atoms with van der Waals surface area (Å²) < 4.78 is 29.2. The van der Waals surface area contributed by atoms with Crippen molar-refractivity contribution in [2.45, 2.75) is 24.2 Å². The molecule has 0 fully saturated rings. The van der Waals surface area contributed by atoms with Crippen molar-refractivity contribution in [1.29, 1.82) is 0 Å². The molecule has 1 aromatic carbocycles. The van der Waals surface area contributed by atoms with Gasteiger partial charge in [0.15, 0.2) is 0 Å².